The molecule has 1 N–H and O–H groups in total. The lowest BCUT2D eigenvalue weighted by Gasteiger charge is -2.38. The van der Waals surface area contributed by atoms with Gasteiger partial charge in [-0.2, -0.15) is 0 Å². The van der Waals surface area contributed by atoms with Crippen LogP contribution in [-0.4, -0.2) is 36.3 Å². The zero-order valence-electron chi connectivity index (χ0n) is 14.1. The van der Waals surface area contributed by atoms with Crippen molar-refractivity contribution < 1.29 is 4.74 Å². The first-order valence-corrected chi connectivity index (χ1v) is 7.95. The fraction of sp³-hybridized carbons (Fsp3) is 0.706. The molecule has 1 unspecified atom stereocenters. The first kappa shape index (κ1) is 16.2. The topological polar surface area (TPSA) is 37.4 Å². The van der Waals surface area contributed by atoms with Crippen LogP contribution in [0.25, 0.3) is 0 Å². The van der Waals surface area contributed by atoms with Crippen LogP contribution in [0.4, 0.5) is 5.69 Å². The van der Waals surface area contributed by atoms with Gasteiger partial charge >= 0.3 is 0 Å². The number of anilines is 1. The molecule has 1 aliphatic heterocycles. The molecule has 4 nitrogen and oxygen atoms in total. The Bertz CT molecular complexity index is 468. The van der Waals surface area contributed by atoms with Crippen molar-refractivity contribution in [2.45, 2.75) is 59.2 Å². The molecule has 0 aliphatic carbocycles. The van der Waals surface area contributed by atoms with Crippen molar-refractivity contribution in [1.82, 2.24) is 10.3 Å². The summed E-state index contributed by atoms with van der Waals surface area (Å²) < 4.78 is 5.64. The highest BCUT2D eigenvalue weighted by molar-refractivity contribution is 5.55. The van der Waals surface area contributed by atoms with E-state index in [1.165, 1.54) is 11.3 Å². The van der Waals surface area contributed by atoms with E-state index in [1.807, 2.05) is 6.20 Å². The van der Waals surface area contributed by atoms with Crippen molar-refractivity contribution in [3.05, 3.63) is 23.5 Å². The van der Waals surface area contributed by atoms with Crippen LogP contribution in [0.5, 0.6) is 0 Å². The average Bonchev–Trinajstić information content (AvgIpc) is 2.45. The lowest BCUT2D eigenvalue weighted by molar-refractivity contribution is 0.0928. The Morgan fingerprint density at radius 1 is 1.43 bits per heavy atom. The van der Waals surface area contributed by atoms with Crippen molar-refractivity contribution in [3.63, 3.8) is 0 Å². The first-order valence-electron chi connectivity index (χ1n) is 7.95. The maximum Gasteiger partial charge on any atom is 0.0670 e. The third-order valence-electron chi connectivity index (χ3n) is 3.92. The fourth-order valence-electron chi connectivity index (χ4n) is 2.65. The molecule has 2 rings (SSSR count). The molecule has 1 atom stereocenters. The van der Waals surface area contributed by atoms with Gasteiger partial charge in [-0.25, -0.2) is 0 Å². The molecule has 1 aromatic rings. The Hall–Kier alpha value is -1.13. The third kappa shape index (κ3) is 4.42. The van der Waals surface area contributed by atoms with Crippen molar-refractivity contribution >= 4 is 5.69 Å². The quantitative estimate of drug-likeness (QED) is 0.925. The van der Waals surface area contributed by atoms with E-state index in [4.69, 9.17) is 4.74 Å². The second kappa shape index (κ2) is 6.75. The summed E-state index contributed by atoms with van der Waals surface area (Å²) in [6.07, 6.45) is 3.12. The van der Waals surface area contributed by atoms with Crippen molar-refractivity contribution in [2.24, 2.45) is 0 Å². The summed E-state index contributed by atoms with van der Waals surface area (Å²) in [5.74, 6) is 0. The summed E-state index contributed by atoms with van der Waals surface area (Å²) in [7, 11) is 0. The Morgan fingerprint density at radius 3 is 2.86 bits per heavy atom. The first-order chi connectivity index (χ1) is 9.90. The average molecular weight is 291 g/mol. The minimum atomic E-state index is 0.108. The van der Waals surface area contributed by atoms with Crippen LogP contribution in [0.15, 0.2) is 12.3 Å². The molecule has 0 radical (unpaired) electrons. The molecule has 118 valence electrons. The van der Waals surface area contributed by atoms with E-state index in [0.717, 1.165) is 38.4 Å². The van der Waals surface area contributed by atoms with E-state index in [9.17, 15) is 0 Å². The molecule has 0 saturated carbocycles. The summed E-state index contributed by atoms with van der Waals surface area (Å²) in [6.45, 7) is 14.3. The van der Waals surface area contributed by atoms with Crippen LogP contribution in [0.1, 0.15) is 45.4 Å². The highest BCUT2D eigenvalue weighted by Gasteiger charge is 2.24. The van der Waals surface area contributed by atoms with Gasteiger partial charge in [0.05, 0.1) is 19.3 Å². The minimum absolute atomic E-state index is 0.108. The van der Waals surface area contributed by atoms with E-state index < -0.39 is 0 Å². The van der Waals surface area contributed by atoms with Gasteiger partial charge < -0.3 is 15.0 Å². The molecule has 1 fully saturated rings. The number of ether oxygens (including phenoxy) is 1. The van der Waals surface area contributed by atoms with Crippen molar-refractivity contribution in [3.8, 4) is 0 Å². The van der Waals surface area contributed by atoms with E-state index in [1.54, 1.807) is 0 Å². The molecule has 4 heteroatoms. The summed E-state index contributed by atoms with van der Waals surface area (Å²) in [5.41, 5.74) is 3.77. The monoisotopic (exact) mass is 291 g/mol. The summed E-state index contributed by atoms with van der Waals surface area (Å²) in [4.78, 5) is 6.99. The largest absolute Gasteiger partial charge is 0.377 e. The van der Waals surface area contributed by atoms with Gasteiger partial charge in [-0.3, -0.25) is 4.98 Å². The van der Waals surface area contributed by atoms with Gasteiger partial charge in [-0.05, 0) is 40.2 Å². The lowest BCUT2D eigenvalue weighted by atomic mass is 10.1. The second-order valence-electron chi connectivity index (χ2n) is 6.89. The molecule has 2 heterocycles. The van der Waals surface area contributed by atoms with Gasteiger partial charge in [0.2, 0.25) is 0 Å². The van der Waals surface area contributed by atoms with Gasteiger partial charge in [-0.1, -0.05) is 6.92 Å². The summed E-state index contributed by atoms with van der Waals surface area (Å²) >= 11 is 0. The molecule has 1 aliphatic rings. The Kier molecular flexibility index (Phi) is 5.22. The summed E-state index contributed by atoms with van der Waals surface area (Å²) in [5, 5.41) is 3.57. The van der Waals surface area contributed by atoms with Crippen LogP contribution >= 0.6 is 0 Å². The second-order valence-corrected chi connectivity index (χ2v) is 6.89. The van der Waals surface area contributed by atoms with E-state index in [2.05, 4.69) is 55.9 Å². The molecular weight excluding hydrogens is 262 g/mol. The van der Waals surface area contributed by atoms with Crippen LogP contribution in [0, 0.1) is 6.92 Å². The predicted octanol–water partition coefficient (Wildman–Crippen LogP) is 2.89. The minimum Gasteiger partial charge on any atom is -0.377 e. The molecule has 1 saturated heterocycles. The van der Waals surface area contributed by atoms with E-state index in [-0.39, 0.29) is 5.54 Å². The third-order valence-corrected chi connectivity index (χ3v) is 3.92. The van der Waals surface area contributed by atoms with Crippen molar-refractivity contribution in [2.75, 3.05) is 24.7 Å². The normalized spacial score (nSPS) is 19.9. The number of rotatable bonds is 4. The van der Waals surface area contributed by atoms with Gasteiger partial charge in [0.1, 0.15) is 0 Å². The molecule has 1 aromatic heterocycles. The number of hydrogen-bond acceptors (Lipinski definition) is 4. The Labute approximate surface area is 128 Å². The van der Waals surface area contributed by atoms with Gasteiger partial charge in [-0.15, -0.1) is 0 Å². The highest BCUT2D eigenvalue weighted by Crippen LogP contribution is 2.26. The van der Waals surface area contributed by atoms with Gasteiger partial charge in [0.15, 0.2) is 0 Å². The summed E-state index contributed by atoms with van der Waals surface area (Å²) in [6, 6.07) is 2.68. The SMILES string of the molecule is CCC1COCCN1c1cc(C)ncc1CNC(C)(C)C. The lowest BCUT2D eigenvalue weighted by Crippen LogP contribution is -2.46. The van der Waals surface area contributed by atoms with Gasteiger partial charge in [0.25, 0.3) is 0 Å². The zero-order valence-corrected chi connectivity index (χ0v) is 14.1. The molecular formula is C17H29N3O. The number of nitrogens with one attached hydrogen (secondary N) is 1. The molecule has 0 bridgehead atoms. The number of nitrogens with zero attached hydrogens (tertiary/aromatic N) is 2. The highest BCUT2D eigenvalue weighted by atomic mass is 16.5. The number of pyridine rings is 1. The molecule has 0 spiro atoms. The predicted molar refractivity (Wildman–Crippen MR) is 87.8 cm³/mol. The Balaban J connectivity index is 2.25. The van der Waals surface area contributed by atoms with Crippen LogP contribution in [-0.2, 0) is 11.3 Å². The fourth-order valence-corrected chi connectivity index (χ4v) is 2.65. The van der Waals surface area contributed by atoms with E-state index in [0.29, 0.717) is 6.04 Å². The number of aryl methyl sites for hydroxylation is 1. The van der Waals surface area contributed by atoms with Crippen molar-refractivity contribution in [1.29, 1.82) is 0 Å². The zero-order chi connectivity index (χ0) is 15.5. The van der Waals surface area contributed by atoms with Crippen LogP contribution < -0.4 is 10.2 Å². The maximum atomic E-state index is 5.64. The van der Waals surface area contributed by atoms with E-state index >= 15 is 0 Å². The Morgan fingerprint density at radius 2 is 2.19 bits per heavy atom. The number of morpholine rings is 1. The number of hydrogen-bond donors (Lipinski definition) is 1. The van der Waals surface area contributed by atoms with Crippen LogP contribution in [0.2, 0.25) is 0 Å². The molecule has 0 aromatic carbocycles. The molecule has 21 heavy (non-hydrogen) atoms. The standard InChI is InChI=1S/C17H29N3O/c1-6-15-12-21-8-7-20(15)16-9-13(2)18-10-14(16)11-19-17(3,4)5/h9-10,15,19H,6-8,11-12H2,1-5H3. The molecule has 0 amide bonds. The van der Waals surface area contributed by atoms with Gasteiger partial charge in [0, 0.05) is 41.8 Å². The van der Waals surface area contributed by atoms with Crippen LogP contribution in [0.3, 0.4) is 0 Å². The smallest absolute Gasteiger partial charge is 0.0670 e. The maximum absolute atomic E-state index is 5.64. The number of aromatic nitrogens is 1.